The Balaban J connectivity index is 2.31. The average molecular weight is 260 g/mol. The Morgan fingerprint density at radius 2 is 2.05 bits per heavy atom. The third-order valence-electron chi connectivity index (χ3n) is 2.77. The molecule has 0 aliphatic heterocycles. The van der Waals surface area contributed by atoms with Crippen molar-refractivity contribution in [2.45, 2.75) is 13.5 Å². The molecule has 0 fully saturated rings. The van der Waals surface area contributed by atoms with E-state index >= 15 is 0 Å². The third kappa shape index (κ3) is 2.90. The monoisotopic (exact) mass is 260 g/mol. The van der Waals surface area contributed by atoms with E-state index in [9.17, 15) is 9.59 Å². The van der Waals surface area contributed by atoms with E-state index in [-0.39, 0.29) is 0 Å². The molecule has 19 heavy (non-hydrogen) atoms. The van der Waals surface area contributed by atoms with E-state index in [2.05, 4.69) is 10.3 Å². The van der Waals surface area contributed by atoms with Gasteiger partial charge in [0.15, 0.2) is 0 Å². The smallest absolute Gasteiger partial charge is 0.316 e. The van der Waals surface area contributed by atoms with Gasteiger partial charge in [-0.2, -0.15) is 0 Å². The number of pyridine rings is 1. The lowest BCUT2D eigenvalue weighted by atomic mass is 10.2. The molecule has 0 saturated heterocycles. The molecule has 2 rings (SSSR count). The highest BCUT2D eigenvalue weighted by Crippen LogP contribution is 2.07. The van der Waals surface area contributed by atoms with Crippen molar-refractivity contribution in [3.63, 3.8) is 0 Å². The Hall–Kier alpha value is -2.37. The van der Waals surface area contributed by atoms with E-state index in [0.717, 1.165) is 17.9 Å². The molecule has 0 aliphatic rings. The van der Waals surface area contributed by atoms with Crippen LogP contribution in [0.1, 0.15) is 12.5 Å². The maximum absolute atomic E-state index is 11.8. The molecule has 0 amide bonds. The van der Waals surface area contributed by atoms with Crippen molar-refractivity contribution in [2.24, 2.45) is 7.05 Å². The molecule has 0 bridgehead atoms. The van der Waals surface area contributed by atoms with Crippen LogP contribution >= 0.6 is 0 Å². The van der Waals surface area contributed by atoms with Crippen molar-refractivity contribution in [3.8, 4) is 0 Å². The molecular weight excluding hydrogens is 244 g/mol. The summed E-state index contributed by atoms with van der Waals surface area (Å²) in [5.74, 6) is 0.761. The molecule has 6 nitrogen and oxygen atoms in total. The van der Waals surface area contributed by atoms with Crippen LogP contribution < -0.4 is 16.4 Å². The van der Waals surface area contributed by atoms with Gasteiger partial charge in [-0.3, -0.25) is 9.59 Å². The normalized spacial score (nSPS) is 10.4. The molecule has 0 spiro atoms. The van der Waals surface area contributed by atoms with Crippen LogP contribution in [0.25, 0.3) is 0 Å². The van der Waals surface area contributed by atoms with E-state index in [1.54, 1.807) is 25.6 Å². The minimum atomic E-state index is -0.525. The molecule has 6 heteroatoms. The SMILES string of the molecule is CCNc1cc(Cn2ccn(C)c(=O)c2=O)ccn1. The first-order valence-electron chi connectivity index (χ1n) is 6.06. The van der Waals surface area contributed by atoms with Crippen LogP contribution in [-0.4, -0.2) is 20.7 Å². The number of aryl methyl sites for hydroxylation is 1. The number of rotatable bonds is 4. The second-order valence-electron chi connectivity index (χ2n) is 4.23. The van der Waals surface area contributed by atoms with Crippen LogP contribution in [0.4, 0.5) is 5.82 Å². The van der Waals surface area contributed by atoms with E-state index in [0.29, 0.717) is 6.54 Å². The van der Waals surface area contributed by atoms with Gasteiger partial charge in [0.2, 0.25) is 0 Å². The fraction of sp³-hybridized carbons (Fsp3) is 0.308. The van der Waals surface area contributed by atoms with Gasteiger partial charge in [-0.15, -0.1) is 0 Å². The minimum Gasteiger partial charge on any atom is -0.370 e. The van der Waals surface area contributed by atoms with Gasteiger partial charge >= 0.3 is 11.1 Å². The lowest BCUT2D eigenvalue weighted by Gasteiger charge is -2.08. The molecule has 0 saturated carbocycles. The lowest BCUT2D eigenvalue weighted by Crippen LogP contribution is -2.39. The van der Waals surface area contributed by atoms with Crippen molar-refractivity contribution >= 4 is 5.82 Å². The van der Waals surface area contributed by atoms with E-state index < -0.39 is 11.1 Å². The van der Waals surface area contributed by atoms with Crippen molar-refractivity contribution in [1.29, 1.82) is 0 Å². The molecule has 0 unspecified atom stereocenters. The topological polar surface area (TPSA) is 68.9 Å². The van der Waals surface area contributed by atoms with Gasteiger partial charge in [-0.25, -0.2) is 4.98 Å². The Bertz CT molecular complexity index is 688. The second kappa shape index (κ2) is 5.51. The van der Waals surface area contributed by atoms with Crippen LogP contribution in [0, 0.1) is 0 Å². The highest BCUT2D eigenvalue weighted by Gasteiger charge is 2.04. The largest absolute Gasteiger partial charge is 0.370 e. The average Bonchev–Trinajstić information content (AvgIpc) is 2.40. The Morgan fingerprint density at radius 3 is 2.79 bits per heavy atom. The van der Waals surface area contributed by atoms with Gasteiger partial charge in [0.05, 0.1) is 6.54 Å². The van der Waals surface area contributed by atoms with Crippen molar-refractivity contribution in [2.75, 3.05) is 11.9 Å². The Labute approximate surface area is 110 Å². The molecule has 2 heterocycles. The van der Waals surface area contributed by atoms with Gasteiger partial charge in [0, 0.05) is 32.2 Å². The van der Waals surface area contributed by atoms with Crippen LogP contribution in [0.5, 0.6) is 0 Å². The first-order chi connectivity index (χ1) is 9.11. The standard InChI is InChI=1S/C13H16N4O2/c1-3-14-11-8-10(4-5-15-11)9-17-7-6-16(2)12(18)13(17)19/h4-8H,3,9H2,1-2H3,(H,14,15). The predicted molar refractivity (Wildman–Crippen MR) is 73.4 cm³/mol. The van der Waals surface area contributed by atoms with E-state index in [1.807, 2.05) is 19.1 Å². The quantitative estimate of drug-likeness (QED) is 0.809. The van der Waals surface area contributed by atoms with Crippen LogP contribution in [0.2, 0.25) is 0 Å². The van der Waals surface area contributed by atoms with Gasteiger partial charge in [0.25, 0.3) is 0 Å². The highest BCUT2D eigenvalue weighted by atomic mass is 16.2. The van der Waals surface area contributed by atoms with E-state index in [4.69, 9.17) is 0 Å². The number of hydrogen-bond acceptors (Lipinski definition) is 4. The summed E-state index contributed by atoms with van der Waals surface area (Å²) in [6.07, 6.45) is 4.87. The molecule has 2 aromatic rings. The zero-order chi connectivity index (χ0) is 13.8. The van der Waals surface area contributed by atoms with Crippen molar-refractivity contribution in [3.05, 3.63) is 57.0 Å². The molecule has 0 aliphatic carbocycles. The summed E-state index contributed by atoms with van der Waals surface area (Å²) in [6.45, 7) is 3.12. The zero-order valence-corrected chi connectivity index (χ0v) is 11.0. The Morgan fingerprint density at radius 1 is 1.26 bits per heavy atom. The second-order valence-corrected chi connectivity index (χ2v) is 4.23. The molecule has 0 radical (unpaired) electrons. The number of anilines is 1. The highest BCUT2D eigenvalue weighted by molar-refractivity contribution is 5.37. The van der Waals surface area contributed by atoms with Crippen LogP contribution in [0.15, 0.2) is 40.3 Å². The third-order valence-corrected chi connectivity index (χ3v) is 2.77. The molecule has 100 valence electrons. The summed E-state index contributed by atoms with van der Waals surface area (Å²) in [6, 6.07) is 3.69. The molecule has 0 aromatic carbocycles. The number of hydrogen-bond donors (Lipinski definition) is 1. The molecule has 2 aromatic heterocycles. The lowest BCUT2D eigenvalue weighted by molar-refractivity contribution is 0.695. The van der Waals surface area contributed by atoms with Gasteiger partial charge in [-0.05, 0) is 24.6 Å². The number of aromatic nitrogens is 3. The molecule has 0 atom stereocenters. The summed E-state index contributed by atoms with van der Waals surface area (Å²) in [7, 11) is 1.56. The predicted octanol–water partition coefficient (Wildman–Crippen LogP) is 0.422. The number of nitrogens with one attached hydrogen (secondary N) is 1. The maximum atomic E-state index is 11.8. The summed E-state index contributed by atoms with van der Waals surface area (Å²) >= 11 is 0. The van der Waals surface area contributed by atoms with E-state index in [1.165, 1.54) is 9.13 Å². The first-order valence-corrected chi connectivity index (χ1v) is 6.06. The summed E-state index contributed by atoms with van der Waals surface area (Å²) in [5.41, 5.74) is -0.128. The first kappa shape index (κ1) is 13.1. The molecular formula is C13H16N4O2. The van der Waals surface area contributed by atoms with Gasteiger partial charge < -0.3 is 14.5 Å². The molecule has 1 N–H and O–H groups in total. The van der Waals surface area contributed by atoms with Crippen LogP contribution in [0.3, 0.4) is 0 Å². The van der Waals surface area contributed by atoms with Gasteiger partial charge in [0.1, 0.15) is 5.82 Å². The summed E-state index contributed by atoms with van der Waals surface area (Å²) < 4.78 is 2.67. The maximum Gasteiger partial charge on any atom is 0.316 e. The Kier molecular flexibility index (Phi) is 3.79. The van der Waals surface area contributed by atoms with Crippen LogP contribution in [-0.2, 0) is 13.6 Å². The summed E-state index contributed by atoms with van der Waals surface area (Å²) in [5, 5.41) is 3.10. The zero-order valence-electron chi connectivity index (χ0n) is 11.0. The fourth-order valence-electron chi connectivity index (χ4n) is 1.76. The minimum absolute atomic E-state index is 0.357. The summed E-state index contributed by atoms with van der Waals surface area (Å²) in [4.78, 5) is 27.5. The number of nitrogens with zero attached hydrogens (tertiary/aromatic N) is 3. The van der Waals surface area contributed by atoms with Crippen molar-refractivity contribution in [1.82, 2.24) is 14.1 Å². The fourth-order valence-corrected chi connectivity index (χ4v) is 1.76. The van der Waals surface area contributed by atoms with Gasteiger partial charge in [-0.1, -0.05) is 0 Å². The van der Waals surface area contributed by atoms with Crippen molar-refractivity contribution < 1.29 is 0 Å².